The smallest absolute Gasteiger partial charge is 0.211 e. The lowest BCUT2D eigenvalue weighted by Gasteiger charge is -2.33. The lowest BCUT2D eigenvalue weighted by molar-refractivity contribution is -0.0550. The third kappa shape index (κ3) is 3.45. The fourth-order valence-electron chi connectivity index (χ4n) is 3.35. The fraction of sp³-hybridized carbons (Fsp3) is 0.364. The van der Waals surface area contributed by atoms with E-state index in [1.807, 2.05) is 37.3 Å². The molecule has 1 aliphatic heterocycles. The molecule has 0 amide bonds. The number of hydrogen-bond donors (Lipinski definition) is 0. The summed E-state index contributed by atoms with van der Waals surface area (Å²) in [6, 6.07) is 10.1. The van der Waals surface area contributed by atoms with Crippen LogP contribution in [-0.2, 0) is 17.8 Å². The van der Waals surface area contributed by atoms with Crippen LogP contribution < -0.4 is 5.43 Å². The third-order valence-electron chi connectivity index (χ3n) is 5.16. The van der Waals surface area contributed by atoms with E-state index < -0.39 is 0 Å². The first-order valence-corrected chi connectivity index (χ1v) is 11.3. The van der Waals surface area contributed by atoms with E-state index in [0.717, 1.165) is 43.9 Å². The standard InChI is InChI=1S/C22H24N2O2S2/c1-5-22(4)11-16-17(12-26-22)28-20-18(19(16)25)23-21(27-13-14(2)3)24(20)15-9-7-6-8-10-15/h6-10H,2,5,11-13H2,1,3-4H3. The van der Waals surface area contributed by atoms with Crippen molar-refractivity contribution in [1.29, 1.82) is 0 Å². The average molecular weight is 413 g/mol. The van der Waals surface area contributed by atoms with Gasteiger partial charge in [0.15, 0.2) is 5.16 Å². The fourth-order valence-corrected chi connectivity index (χ4v) is 5.42. The Balaban J connectivity index is 1.94. The SMILES string of the molecule is C=C(C)CSc1nc2c(=O)c3c(sc2n1-c1ccccc1)COC(C)(CC)C3. The molecular formula is C22H24N2O2S2. The number of rotatable bonds is 5. The van der Waals surface area contributed by atoms with Gasteiger partial charge in [-0.15, -0.1) is 11.3 Å². The lowest BCUT2D eigenvalue weighted by atomic mass is 9.91. The largest absolute Gasteiger partial charge is 0.369 e. The molecule has 146 valence electrons. The molecule has 1 aliphatic rings. The topological polar surface area (TPSA) is 44.1 Å². The molecule has 0 spiro atoms. The number of imidazole rings is 1. The van der Waals surface area contributed by atoms with Gasteiger partial charge in [0.1, 0.15) is 10.3 Å². The number of nitrogens with zero attached hydrogens (tertiary/aromatic N) is 2. The van der Waals surface area contributed by atoms with Gasteiger partial charge in [0, 0.05) is 28.3 Å². The number of ether oxygens (including phenoxy) is 1. The van der Waals surface area contributed by atoms with E-state index >= 15 is 0 Å². The molecule has 0 bridgehead atoms. The summed E-state index contributed by atoms with van der Waals surface area (Å²) in [6.07, 6.45) is 1.53. The summed E-state index contributed by atoms with van der Waals surface area (Å²) in [6.45, 7) is 10.7. The minimum atomic E-state index is -0.272. The van der Waals surface area contributed by atoms with E-state index in [1.54, 1.807) is 23.1 Å². The molecule has 3 aromatic rings. The zero-order valence-electron chi connectivity index (χ0n) is 16.4. The Labute approximate surface area is 173 Å². The Bertz CT molecular complexity index is 1100. The predicted octanol–water partition coefficient (Wildman–Crippen LogP) is 5.36. The van der Waals surface area contributed by atoms with Crippen LogP contribution >= 0.6 is 23.1 Å². The Hall–Kier alpha value is -1.89. The molecule has 0 radical (unpaired) electrons. The quantitative estimate of drug-likeness (QED) is 0.418. The van der Waals surface area contributed by atoms with Gasteiger partial charge in [-0.05, 0) is 32.4 Å². The van der Waals surface area contributed by atoms with Gasteiger partial charge in [0.05, 0.1) is 12.2 Å². The predicted molar refractivity (Wildman–Crippen MR) is 118 cm³/mol. The normalized spacial score (nSPS) is 19.0. The summed E-state index contributed by atoms with van der Waals surface area (Å²) in [5.41, 5.74) is 3.32. The van der Waals surface area contributed by atoms with Gasteiger partial charge in [-0.2, -0.15) is 0 Å². The van der Waals surface area contributed by atoms with E-state index in [-0.39, 0.29) is 11.0 Å². The molecule has 4 rings (SSSR count). The van der Waals surface area contributed by atoms with Crippen molar-refractivity contribution in [2.45, 2.75) is 51.0 Å². The van der Waals surface area contributed by atoms with E-state index in [4.69, 9.17) is 9.72 Å². The molecule has 1 atom stereocenters. The molecule has 2 aromatic heterocycles. The van der Waals surface area contributed by atoms with Crippen LogP contribution in [0.1, 0.15) is 37.6 Å². The summed E-state index contributed by atoms with van der Waals surface area (Å²) >= 11 is 3.25. The minimum absolute atomic E-state index is 0.0542. The number of benzene rings is 1. The second kappa shape index (κ2) is 7.50. The number of aromatic nitrogens is 2. The molecule has 28 heavy (non-hydrogen) atoms. The highest BCUT2D eigenvalue weighted by atomic mass is 32.2. The van der Waals surface area contributed by atoms with Crippen LogP contribution in [0.2, 0.25) is 0 Å². The van der Waals surface area contributed by atoms with E-state index in [9.17, 15) is 4.79 Å². The average Bonchev–Trinajstić information content (AvgIpc) is 3.06. The van der Waals surface area contributed by atoms with Crippen LogP contribution in [0.4, 0.5) is 0 Å². The number of para-hydroxylation sites is 1. The van der Waals surface area contributed by atoms with Crippen molar-refractivity contribution in [1.82, 2.24) is 9.55 Å². The van der Waals surface area contributed by atoms with E-state index in [2.05, 4.69) is 25.0 Å². The van der Waals surface area contributed by atoms with Crippen LogP contribution in [0, 0.1) is 0 Å². The third-order valence-corrected chi connectivity index (χ3v) is 7.51. The second-order valence-corrected chi connectivity index (χ2v) is 9.59. The van der Waals surface area contributed by atoms with E-state index in [0.29, 0.717) is 18.5 Å². The molecule has 1 aromatic carbocycles. The maximum atomic E-state index is 13.4. The van der Waals surface area contributed by atoms with E-state index in [1.165, 1.54) is 0 Å². The Morgan fingerprint density at radius 2 is 2.14 bits per heavy atom. The van der Waals surface area contributed by atoms with Crippen molar-refractivity contribution in [3.8, 4) is 5.69 Å². The minimum Gasteiger partial charge on any atom is -0.369 e. The lowest BCUT2D eigenvalue weighted by Crippen LogP contribution is -2.37. The Morgan fingerprint density at radius 3 is 2.82 bits per heavy atom. The highest BCUT2D eigenvalue weighted by Gasteiger charge is 2.33. The second-order valence-electron chi connectivity index (χ2n) is 7.57. The van der Waals surface area contributed by atoms with Crippen LogP contribution in [0.25, 0.3) is 16.0 Å². The molecule has 0 saturated carbocycles. The van der Waals surface area contributed by atoms with Crippen LogP contribution in [0.5, 0.6) is 0 Å². The Kier molecular flexibility index (Phi) is 5.21. The summed E-state index contributed by atoms with van der Waals surface area (Å²) in [7, 11) is 0. The molecule has 0 N–H and O–H groups in total. The van der Waals surface area contributed by atoms with Crippen LogP contribution in [0.3, 0.4) is 0 Å². The summed E-state index contributed by atoms with van der Waals surface area (Å²) < 4.78 is 8.20. The Morgan fingerprint density at radius 1 is 1.39 bits per heavy atom. The van der Waals surface area contributed by atoms with Gasteiger partial charge in [0.25, 0.3) is 0 Å². The molecule has 0 aliphatic carbocycles. The zero-order chi connectivity index (χ0) is 19.9. The number of thioether (sulfide) groups is 1. The van der Waals surface area contributed by atoms with Crippen molar-refractivity contribution in [3.05, 3.63) is 63.1 Å². The summed E-state index contributed by atoms with van der Waals surface area (Å²) in [5, 5.41) is 0.832. The first-order chi connectivity index (χ1) is 13.4. The molecular weight excluding hydrogens is 388 g/mol. The van der Waals surface area contributed by atoms with Crippen molar-refractivity contribution in [2.75, 3.05) is 5.75 Å². The molecule has 3 heterocycles. The molecule has 6 heteroatoms. The van der Waals surface area contributed by atoms with Crippen molar-refractivity contribution >= 4 is 33.4 Å². The van der Waals surface area contributed by atoms with Crippen LogP contribution in [-0.4, -0.2) is 20.9 Å². The van der Waals surface area contributed by atoms with Gasteiger partial charge in [0.2, 0.25) is 5.43 Å². The first-order valence-electron chi connectivity index (χ1n) is 9.46. The highest BCUT2D eigenvalue weighted by Crippen LogP contribution is 2.36. The molecule has 4 nitrogen and oxygen atoms in total. The monoisotopic (exact) mass is 412 g/mol. The number of hydrogen-bond acceptors (Lipinski definition) is 5. The van der Waals surface area contributed by atoms with Crippen molar-refractivity contribution in [2.24, 2.45) is 0 Å². The van der Waals surface area contributed by atoms with Gasteiger partial charge in [-0.1, -0.05) is 49.0 Å². The highest BCUT2D eigenvalue weighted by molar-refractivity contribution is 7.99. The maximum Gasteiger partial charge on any atom is 0.211 e. The molecule has 1 unspecified atom stereocenters. The van der Waals surface area contributed by atoms with Gasteiger partial charge in [-0.3, -0.25) is 9.36 Å². The first kappa shape index (κ1) is 19.4. The number of fused-ring (bicyclic) bond motifs is 2. The van der Waals surface area contributed by atoms with Gasteiger partial charge >= 0.3 is 0 Å². The van der Waals surface area contributed by atoms with Crippen molar-refractivity contribution < 1.29 is 4.74 Å². The molecule has 0 saturated heterocycles. The van der Waals surface area contributed by atoms with Crippen molar-refractivity contribution in [3.63, 3.8) is 0 Å². The maximum absolute atomic E-state index is 13.4. The van der Waals surface area contributed by atoms with Gasteiger partial charge in [-0.25, -0.2) is 4.98 Å². The van der Waals surface area contributed by atoms with Crippen LogP contribution in [0.15, 0.2) is 52.4 Å². The summed E-state index contributed by atoms with van der Waals surface area (Å²) in [5.74, 6) is 0.770. The zero-order valence-corrected chi connectivity index (χ0v) is 18.1. The molecule has 0 fully saturated rings. The summed E-state index contributed by atoms with van der Waals surface area (Å²) in [4.78, 5) is 20.1. The van der Waals surface area contributed by atoms with Gasteiger partial charge < -0.3 is 4.74 Å².